The second-order valence-corrected chi connectivity index (χ2v) is 5.64. The van der Waals surface area contributed by atoms with E-state index in [2.05, 4.69) is 57.4 Å². The van der Waals surface area contributed by atoms with E-state index in [0.717, 1.165) is 17.7 Å². The predicted octanol–water partition coefficient (Wildman–Crippen LogP) is 2.08. The highest BCUT2D eigenvalue weighted by molar-refractivity contribution is 14.1. The minimum Gasteiger partial charge on any atom is -0.275 e. The molecule has 18 heavy (non-hydrogen) atoms. The molecule has 0 aliphatic rings. The number of hydrogen-bond acceptors (Lipinski definition) is 3. The van der Waals surface area contributed by atoms with Crippen LogP contribution in [0.5, 0.6) is 0 Å². The molecular formula is C13H17IN4. The third-order valence-corrected chi connectivity index (χ3v) is 3.70. The van der Waals surface area contributed by atoms with Gasteiger partial charge in [0.2, 0.25) is 0 Å². The van der Waals surface area contributed by atoms with Crippen molar-refractivity contribution in [2.45, 2.75) is 19.4 Å². The van der Waals surface area contributed by atoms with Gasteiger partial charge in [0.1, 0.15) is 0 Å². The molecular weight excluding hydrogens is 339 g/mol. The highest BCUT2D eigenvalue weighted by Crippen LogP contribution is 2.20. The van der Waals surface area contributed by atoms with Gasteiger partial charge in [-0.25, -0.2) is 0 Å². The number of hydrogen-bond donors (Lipinski definition) is 2. The first-order valence-electron chi connectivity index (χ1n) is 5.81. The Balaban J connectivity index is 2.19. The zero-order valence-electron chi connectivity index (χ0n) is 10.5. The normalized spacial score (nSPS) is 12.7. The zero-order valence-corrected chi connectivity index (χ0v) is 12.7. The van der Waals surface area contributed by atoms with Gasteiger partial charge in [-0.15, -0.1) is 0 Å². The van der Waals surface area contributed by atoms with Crippen molar-refractivity contribution >= 4 is 22.6 Å². The third kappa shape index (κ3) is 3.09. The Morgan fingerprint density at radius 2 is 2.06 bits per heavy atom. The van der Waals surface area contributed by atoms with E-state index >= 15 is 0 Å². The van der Waals surface area contributed by atoms with Crippen molar-refractivity contribution in [3.63, 3.8) is 0 Å². The van der Waals surface area contributed by atoms with Crippen molar-refractivity contribution in [1.82, 2.24) is 15.2 Å². The largest absolute Gasteiger partial charge is 0.275 e. The Morgan fingerprint density at radius 1 is 1.39 bits per heavy atom. The molecule has 0 bridgehead atoms. The molecule has 0 aliphatic carbocycles. The van der Waals surface area contributed by atoms with E-state index in [0.29, 0.717) is 0 Å². The standard InChI is InChI=1S/C13H17IN4/c1-9-12(8-18(2)17-9)13(16-15)7-10-3-5-11(14)6-4-10/h3-6,8,13,16H,7,15H2,1-2H3. The smallest absolute Gasteiger partial charge is 0.0642 e. The van der Waals surface area contributed by atoms with Crippen LogP contribution in [0, 0.1) is 10.5 Å². The molecule has 0 fully saturated rings. The van der Waals surface area contributed by atoms with Crippen molar-refractivity contribution in [2.24, 2.45) is 12.9 Å². The molecule has 3 N–H and O–H groups in total. The predicted molar refractivity (Wildman–Crippen MR) is 80.9 cm³/mol. The number of halogens is 1. The average Bonchev–Trinajstić information content (AvgIpc) is 2.68. The molecule has 0 spiro atoms. The summed E-state index contributed by atoms with van der Waals surface area (Å²) in [5.41, 5.74) is 6.32. The summed E-state index contributed by atoms with van der Waals surface area (Å²) < 4.78 is 3.06. The summed E-state index contributed by atoms with van der Waals surface area (Å²) in [5, 5.41) is 4.36. The summed E-state index contributed by atoms with van der Waals surface area (Å²) >= 11 is 2.31. The van der Waals surface area contributed by atoms with E-state index in [1.807, 2.05) is 24.9 Å². The number of aryl methyl sites for hydroxylation is 2. The number of nitrogens with one attached hydrogen (secondary N) is 1. The van der Waals surface area contributed by atoms with Gasteiger partial charge < -0.3 is 0 Å². The Hall–Kier alpha value is -0.920. The molecule has 1 aromatic heterocycles. The van der Waals surface area contributed by atoms with Crippen molar-refractivity contribution in [3.05, 3.63) is 50.9 Å². The van der Waals surface area contributed by atoms with Crippen molar-refractivity contribution < 1.29 is 0 Å². The van der Waals surface area contributed by atoms with Crippen molar-refractivity contribution in [3.8, 4) is 0 Å². The molecule has 2 aromatic rings. The number of aromatic nitrogens is 2. The highest BCUT2D eigenvalue weighted by Gasteiger charge is 2.15. The summed E-state index contributed by atoms with van der Waals surface area (Å²) in [5.74, 6) is 5.67. The van der Waals surface area contributed by atoms with Crippen LogP contribution in [-0.2, 0) is 13.5 Å². The number of benzene rings is 1. The van der Waals surface area contributed by atoms with Crippen LogP contribution in [0.25, 0.3) is 0 Å². The number of nitrogens with two attached hydrogens (primary N) is 1. The number of nitrogens with zero attached hydrogens (tertiary/aromatic N) is 2. The van der Waals surface area contributed by atoms with E-state index in [1.165, 1.54) is 9.13 Å². The molecule has 1 unspecified atom stereocenters. The summed E-state index contributed by atoms with van der Waals surface area (Å²) in [6.45, 7) is 2.01. The van der Waals surface area contributed by atoms with Crippen LogP contribution in [0.4, 0.5) is 0 Å². The summed E-state index contributed by atoms with van der Waals surface area (Å²) in [6, 6.07) is 8.59. The maximum absolute atomic E-state index is 5.67. The first kappa shape index (κ1) is 13.5. The van der Waals surface area contributed by atoms with E-state index in [-0.39, 0.29) is 6.04 Å². The Bertz CT molecular complexity index is 518. The molecule has 5 heteroatoms. The molecule has 2 rings (SSSR count). The Labute approximate surface area is 121 Å². The fourth-order valence-corrected chi connectivity index (χ4v) is 2.43. The van der Waals surface area contributed by atoms with Gasteiger partial charge in [-0.05, 0) is 53.6 Å². The lowest BCUT2D eigenvalue weighted by Gasteiger charge is -2.15. The van der Waals surface area contributed by atoms with Crippen LogP contribution >= 0.6 is 22.6 Å². The maximum atomic E-state index is 5.67. The molecule has 1 aromatic carbocycles. The average molecular weight is 356 g/mol. The minimum atomic E-state index is 0.0961. The summed E-state index contributed by atoms with van der Waals surface area (Å²) in [6.07, 6.45) is 2.88. The number of hydrazine groups is 1. The van der Waals surface area contributed by atoms with Crippen molar-refractivity contribution in [1.29, 1.82) is 0 Å². The minimum absolute atomic E-state index is 0.0961. The van der Waals surface area contributed by atoms with Gasteiger partial charge in [0.15, 0.2) is 0 Å². The van der Waals surface area contributed by atoms with Crippen LogP contribution in [-0.4, -0.2) is 9.78 Å². The van der Waals surface area contributed by atoms with Crippen LogP contribution in [0.3, 0.4) is 0 Å². The Morgan fingerprint density at radius 3 is 2.56 bits per heavy atom. The summed E-state index contributed by atoms with van der Waals surface area (Å²) in [4.78, 5) is 0. The molecule has 4 nitrogen and oxygen atoms in total. The first-order valence-corrected chi connectivity index (χ1v) is 6.88. The lowest BCUT2D eigenvalue weighted by atomic mass is 10.0. The highest BCUT2D eigenvalue weighted by atomic mass is 127. The molecule has 0 radical (unpaired) electrons. The lowest BCUT2D eigenvalue weighted by molar-refractivity contribution is 0.549. The first-order chi connectivity index (χ1) is 8.60. The second kappa shape index (κ2) is 5.81. The van der Waals surface area contributed by atoms with Gasteiger partial charge >= 0.3 is 0 Å². The number of rotatable bonds is 4. The fraction of sp³-hybridized carbons (Fsp3) is 0.308. The molecule has 0 aliphatic heterocycles. The van der Waals surface area contributed by atoms with Gasteiger partial charge in [0.05, 0.1) is 11.7 Å². The SMILES string of the molecule is Cc1nn(C)cc1C(Cc1ccc(I)cc1)NN. The molecule has 96 valence electrons. The van der Waals surface area contributed by atoms with Crippen LogP contribution in [0.15, 0.2) is 30.5 Å². The van der Waals surface area contributed by atoms with Gasteiger partial charge in [-0.2, -0.15) is 5.10 Å². The quantitative estimate of drug-likeness (QED) is 0.501. The van der Waals surface area contributed by atoms with Crippen molar-refractivity contribution in [2.75, 3.05) is 0 Å². The van der Waals surface area contributed by atoms with E-state index in [9.17, 15) is 0 Å². The van der Waals surface area contributed by atoms with Crippen LogP contribution < -0.4 is 11.3 Å². The molecule has 1 heterocycles. The molecule has 0 saturated carbocycles. The third-order valence-electron chi connectivity index (χ3n) is 2.98. The van der Waals surface area contributed by atoms with E-state index < -0.39 is 0 Å². The zero-order chi connectivity index (χ0) is 13.1. The van der Waals surface area contributed by atoms with Gasteiger partial charge in [0, 0.05) is 22.4 Å². The van der Waals surface area contributed by atoms with E-state index in [1.54, 1.807) is 0 Å². The maximum Gasteiger partial charge on any atom is 0.0642 e. The second-order valence-electron chi connectivity index (χ2n) is 4.39. The summed E-state index contributed by atoms with van der Waals surface area (Å²) in [7, 11) is 1.93. The van der Waals surface area contributed by atoms with Gasteiger partial charge in [0.25, 0.3) is 0 Å². The van der Waals surface area contributed by atoms with Crippen LogP contribution in [0.2, 0.25) is 0 Å². The molecule has 0 saturated heterocycles. The topological polar surface area (TPSA) is 55.9 Å². The molecule has 0 amide bonds. The van der Waals surface area contributed by atoms with Crippen LogP contribution in [0.1, 0.15) is 22.9 Å². The monoisotopic (exact) mass is 356 g/mol. The molecule has 1 atom stereocenters. The van der Waals surface area contributed by atoms with E-state index in [4.69, 9.17) is 5.84 Å². The Kier molecular flexibility index (Phi) is 4.36. The van der Waals surface area contributed by atoms with Gasteiger partial charge in [-0.3, -0.25) is 16.0 Å². The lowest BCUT2D eigenvalue weighted by Crippen LogP contribution is -2.29. The van der Waals surface area contributed by atoms with Gasteiger partial charge in [-0.1, -0.05) is 12.1 Å². The fourth-order valence-electron chi connectivity index (χ4n) is 2.07.